The van der Waals surface area contributed by atoms with Crippen LogP contribution in [0.1, 0.15) is 47.0 Å². The van der Waals surface area contributed by atoms with E-state index < -0.39 is 11.2 Å². The molecular formula is C14H23ClO2. The summed E-state index contributed by atoms with van der Waals surface area (Å²) in [7, 11) is 0. The van der Waals surface area contributed by atoms with Gasteiger partial charge in [0.1, 0.15) is 11.2 Å². The number of hydrogen-bond donors (Lipinski definition) is 2. The molecule has 1 aliphatic carbocycles. The van der Waals surface area contributed by atoms with E-state index in [0.29, 0.717) is 0 Å². The molecule has 0 amide bonds. The average Bonchev–Trinajstić information content (AvgIpc) is 2.23. The van der Waals surface area contributed by atoms with Gasteiger partial charge in [0, 0.05) is 5.41 Å². The summed E-state index contributed by atoms with van der Waals surface area (Å²) in [6.45, 7) is 7.65. The molecule has 0 aliphatic heterocycles. The Morgan fingerprint density at radius 2 is 2.06 bits per heavy atom. The van der Waals surface area contributed by atoms with E-state index in [1.807, 2.05) is 20.8 Å². The second-order valence-corrected chi connectivity index (χ2v) is 6.37. The van der Waals surface area contributed by atoms with Gasteiger partial charge in [-0.2, -0.15) is 0 Å². The van der Waals surface area contributed by atoms with Crippen molar-refractivity contribution in [1.29, 1.82) is 0 Å². The fraction of sp³-hybridized carbons (Fsp3) is 0.857. The summed E-state index contributed by atoms with van der Waals surface area (Å²) in [5.74, 6) is 5.79. The molecule has 0 heterocycles. The zero-order valence-electron chi connectivity index (χ0n) is 11.2. The molecule has 0 bridgehead atoms. The minimum atomic E-state index is -1.23. The third kappa shape index (κ3) is 2.96. The lowest BCUT2D eigenvalue weighted by molar-refractivity contribution is -0.0864. The minimum Gasteiger partial charge on any atom is -0.377 e. The number of alkyl halides is 1. The van der Waals surface area contributed by atoms with Crippen molar-refractivity contribution in [2.24, 2.45) is 11.3 Å². The summed E-state index contributed by atoms with van der Waals surface area (Å²) in [4.78, 5) is 0. The lowest BCUT2D eigenvalue weighted by Gasteiger charge is -2.47. The van der Waals surface area contributed by atoms with E-state index in [2.05, 4.69) is 11.8 Å². The van der Waals surface area contributed by atoms with Gasteiger partial charge in [0.2, 0.25) is 0 Å². The van der Waals surface area contributed by atoms with E-state index in [9.17, 15) is 10.2 Å². The molecule has 2 nitrogen and oxygen atoms in total. The van der Waals surface area contributed by atoms with Crippen LogP contribution in [-0.4, -0.2) is 27.3 Å². The van der Waals surface area contributed by atoms with E-state index >= 15 is 0 Å². The van der Waals surface area contributed by atoms with Gasteiger partial charge in [-0.05, 0) is 25.7 Å². The molecule has 0 aromatic carbocycles. The van der Waals surface area contributed by atoms with Crippen molar-refractivity contribution in [3.63, 3.8) is 0 Å². The smallest absolute Gasteiger partial charge is 0.136 e. The first-order chi connectivity index (χ1) is 7.65. The summed E-state index contributed by atoms with van der Waals surface area (Å²) in [5, 5.41) is 20.6. The first-order valence-corrected chi connectivity index (χ1v) is 6.73. The molecule has 1 fully saturated rings. The normalized spacial score (nSPS) is 35.6. The Morgan fingerprint density at radius 3 is 2.53 bits per heavy atom. The molecule has 1 rings (SSSR count). The second-order valence-electron chi connectivity index (χ2n) is 6.10. The van der Waals surface area contributed by atoms with E-state index in [1.54, 1.807) is 6.92 Å². The van der Waals surface area contributed by atoms with Crippen molar-refractivity contribution in [2.45, 2.75) is 58.2 Å². The van der Waals surface area contributed by atoms with Gasteiger partial charge < -0.3 is 10.2 Å². The van der Waals surface area contributed by atoms with Crippen molar-refractivity contribution in [3.05, 3.63) is 0 Å². The maximum Gasteiger partial charge on any atom is 0.136 e. The van der Waals surface area contributed by atoms with Gasteiger partial charge >= 0.3 is 0 Å². The molecule has 3 unspecified atom stereocenters. The first-order valence-electron chi connectivity index (χ1n) is 6.20. The molecule has 0 saturated heterocycles. The van der Waals surface area contributed by atoms with Crippen LogP contribution < -0.4 is 0 Å². The van der Waals surface area contributed by atoms with E-state index in [0.717, 1.165) is 19.3 Å². The molecule has 3 atom stereocenters. The largest absolute Gasteiger partial charge is 0.377 e. The van der Waals surface area contributed by atoms with Gasteiger partial charge in [-0.3, -0.25) is 0 Å². The molecule has 3 heteroatoms. The SMILES string of the molecule is CC1CCCC(C)(C)C1(O)C#CC(C)(O)CCl. The molecule has 98 valence electrons. The summed E-state index contributed by atoms with van der Waals surface area (Å²) in [6.07, 6.45) is 3.03. The standard InChI is InChI=1S/C14H23ClO2/c1-11-6-5-7-12(2,3)14(11,17)9-8-13(4,16)10-15/h11,16-17H,5-7,10H2,1-4H3. The monoisotopic (exact) mass is 258 g/mol. The molecule has 0 radical (unpaired) electrons. The van der Waals surface area contributed by atoms with Gasteiger partial charge in [-0.25, -0.2) is 0 Å². The highest BCUT2D eigenvalue weighted by atomic mass is 35.5. The lowest BCUT2D eigenvalue weighted by Crippen LogP contribution is -2.51. The van der Waals surface area contributed by atoms with Crippen LogP contribution >= 0.6 is 11.6 Å². The summed E-state index contributed by atoms with van der Waals surface area (Å²) < 4.78 is 0. The fourth-order valence-corrected chi connectivity index (χ4v) is 2.54. The van der Waals surface area contributed by atoms with Crippen LogP contribution in [0, 0.1) is 23.2 Å². The van der Waals surface area contributed by atoms with Gasteiger partial charge in [-0.15, -0.1) is 11.6 Å². The fourth-order valence-electron chi connectivity index (χ4n) is 2.47. The number of halogens is 1. The Balaban J connectivity index is 3.06. The third-order valence-corrected chi connectivity index (χ3v) is 4.49. The minimum absolute atomic E-state index is 0.0465. The van der Waals surface area contributed by atoms with E-state index in [4.69, 9.17) is 11.6 Å². The number of hydrogen-bond acceptors (Lipinski definition) is 2. The second kappa shape index (κ2) is 4.80. The number of rotatable bonds is 1. The van der Waals surface area contributed by atoms with Gasteiger partial charge in [0.25, 0.3) is 0 Å². The first kappa shape index (κ1) is 14.8. The Labute approximate surface area is 109 Å². The van der Waals surface area contributed by atoms with Gasteiger partial charge in [0.15, 0.2) is 0 Å². The summed E-state index contributed by atoms with van der Waals surface area (Å²) in [5.41, 5.74) is -2.52. The van der Waals surface area contributed by atoms with Crippen molar-refractivity contribution in [2.75, 3.05) is 5.88 Å². The summed E-state index contributed by atoms with van der Waals surface area (Å²) in [6, 6.07) is 0. The highest BCUT2D eigenvalue weighted by molar-refractivity contribution is 6.18. The maximum absolute atomic E-state index is 10.8. The maximum atomic E-state index is 10.8. The molecule has 1 aliphatic rings. The number of aliphatic hydroxyl groups is 2. The highest BCUT2D eigenvalue weighted by Gasteiger charge is 2.48. The highest BCUT2D eigenvalue weighted by Crippen LogP contribution is 2.46. The quantitative estimate of drug-likeness (QED) is 0.561. The van der Waals surface area contributed by atoms with Crippen LogP contribution in [0.4, 0.5) is 0 Å². The van der Waals surface area contributed by atoms with Crippen LogP contribution in [0.5, 0.6) is 0 Å². The van der Waals surface area contributed by atoms with Crippen LogP contribution in [0.2, 0.25) is 0 Å². The van der Waals surface area contributed by atoms with Crippen LogP contribution in [-0.2, 0) is 0 Å². The molecular weight excluding hydrogens is 236 g/mol. The Bertz CT molecular complexity index is 338. The Hall–Kier alpha value is -0.230. The topological polar surface area (TPSA) is 40.5 Å². The molecule has 0 aromatic heterocycles. The van der Waals surface area contributed by atoms with Gasteiger partial charge in [-0.1, -0.05) is 39.0 Å². The van der Waals surface area contributed by atoms with Crippen molar-refractivity contribution in [3.8, 4) is 11.8 Å². The molecule has 0 spiro atoms. The predicted octanol–water partition coefficient (Wildman–Crippen LogP) is 2.56. The van der Waals surface area contributed by atoms with Crippen LogP contribution in [0.3, 0.4) is 0 Å². The summed E-state index contributed by atoms with van der Waals surface area (Å²) >= 11 is 5.63. The third-order valence-electron chi connectivity index (χ3n) is 3.97. The predicted molar refractivity (Wildman–Crippen MR) is 70.9 cm³/mol. The van der Waals surface area contributed by atoms with Gasteiger partial charge in [0.05, 0.1) is 5.88 Å². The Morgan fingerprint density at radius 1 is 1.47 bits per heavy atom. The molecule has 17 heavy (non-hydrogen) atoms. The molecule has 0 aromatic rings. The van der Waals surface area contributed by atoms with Crippen molar-refractivity contribution in [1.82, 2.24) is 0 Å². The molecule has 2 N–H and O–H groups in total. The van der Waals surface area contributed by atoms with Crippen molar-refractivity contribution >= 4 is 11.6 Å². The molecule has 1 saturated carbocycles. The van der Waals surface area contributed by atoms with Crippen molar-refractivity contribution < 1.29 is 10.2 Å². The Kier molecular flexibility index (Phi) is 4.19. The van der Waals surface area contributed by atoms with E-state index in [1.165, 1.54) is 0 Å². The van der Waals surface area contributed by atoms with Crippen LogP contribution in [0.15, 0.2) is 0 Å². The zero-order chi connectivity index (χ0) is 13.3. The zero-order valence-corrected chi connectivity index (χ0v) is 11.9. The van der Waals surface area contributed by atoms with Crippen LogP contribution in [0.25, 0.3) is 0 Å². The average molecular weight is 259 g/mol. The van der Waals surface area contributed by atoms with E-state index in [-0.39, 0.29) is 17.2 Å². The lowest BCUT2D eigenvalue weighted by atomic mass is 9.61.